The lowest BCUT2D eigenvalue weighted by Gasteiger charge is -2.29. The molecule has 0 amide bonds. The normalized spacial score (nSPS) is 13.9. The highest BCUT2D eigenvalue weighted by Gasteiger charge is 2.31. The minimum absolute atomic E-state index is 0.0376. The average molecular weight is 297 g/mol. The van der Waals surface area contributed by atoms with Crippen LogP contribution in [0.4, 0.5) is 0 Å². The quantitative estimate of drug-likeness (QED) is 0.796. The summed E-state index contributed by atoms with van der Waals surface area (Å²) in [7, 11) is 3.82. The van der Waals surface area contributed by atoms with E-state index in [4.69, 9.17) is 0 Å². The minimum atomic E-state index is -0.349. The second kappa shape index (κ2) is 6.71. The Bertz CT molecular complexity index is 658. The maximum atomic E-state index is 13.0. The summed E-state index contributed by atoms with van der Waals surface area (Å²) in [5, 5.41) is 4.33. The fourth-order valence-corrected chi connectivity index (χ4v) is 2.80. The summed E-state index contributed by atoms with van der Waals surface area (Å²) in [6.07, 6.45) is 1.84. The second-order valence-electron chi connectivity index (χ2n) is 5.76. The van der Waals surface area contributed by atoms with Gasteiger partial charge in [-0.2, -0.15) is 5.10 Å². The highest BCUT2D eigenvalue weighted by atomic mass is 16.2. The number of aromatic nitrogens is 2. The van der Waals surface area contributed by atoms with Crippen LogP contribution in [0.15, 0.2) is 49.1 Å². The molecule has 4 heteroatoms. The molecule has 0 saturated heterocycles. The highest BCUT2D eigenvalue weighted by molar-refractivity contribution is 5.85. The first-order chi connectivity index (χ1) is 10.5. The maximum absolute atomic E-state index is 13.0. The van der Waals surface area contributed by atoms with Gasteiger partial charge in [0.1, 0.15) is 6.04 Å². The molecule has 2 atom stereocenters. The molecule has 0 spiro atoms. The van der Waals surface area contributed by atoms with Crippen LogP contribution < -0.4 is 0 Å². The molecular formula is C18H23N3O. The summed E-state index contributed by atoms with van der Waals surface area (Å²) in [6, 6.07) is 11.5. The van der Waals surface area contributed by atoms with Crippen molar-refractivity contribution in [1.82, 2.24) is 14.7 Å². The number of benzene rings is 1. The molecule has 0 fully saturated rings. The first-order valence-corrected chi connectivity index (χ1v) is 7.37. The van der Waals surface area contributed by atoms with Gasteiger partial charge in [-0.05, 0) is 39.6 Å². The number of hydrogen-bond acceptors (Lipinski definition) is 3. The number of rotatable bonds is 5. The summed E-state index contributed by atoms with van der Waals surface area (Å²) in [4.78, 5) is 14.9. The summed E-state index contributed by atoms with van der Waals surface area (Å²) in [5.74, 6) is -0.128. The average Bonchev–Trinajstić information content (AvgIpc) is 2.83. The molecule has 1 heterocycles. The van der Waals surface area contributed by atoms with Crippen molar-refractivity contribution in [3.8, 4) is 0 Å². The van der Waals surface area contributed by atoms with Crippen molar-refractivity contribution in [3.05, 3.63) is 66.0 Å². The monoisotopic (exact) mass is 297 g/mol. The van der Waals surface area contributed by atoms with E-state index in [9.17, 15) is 4.79 Å². The van der Waals surface area contributed by atoms with Crippen molar-refractivity contribution >= 4 is 5.91 Å². The zero-order valence-corrected chi connectivity index (χ0v) is 13.7. The molecule has 22 heavy (non-hydrogen) atoms. The molecule has 0 aliphatic rings. The predicted molar refractivity (Wildman–Crippen MR) is 89.2 cm³/mol. The molecule has 116 valence electrons. The first kappa shape index (κ1) is 16.2. The fraction of sp³-hybridized carbons (Fsp3) is 0.333. The largest absolute Gasteiger partial charge is 0.297 e. The molecule has 1 aromatic carbocycles. The molecule has 2 rings (SSSR count). The van der Waals surface area contributed by atoms with Gasteiger partial charge < -0.3 is 0 Å². The predicted octanol–water partition coefficient (Wildman–Crippen LogP) is 3.04. The van der Waals surface area contributed by atoms with Crippen molar-refractivity contribution in [3.63, 3.8) is 0 Å². The molecule has 0 unspecified atom stereocenters. The van der Waals surface area contributed by atoms with E-state index in [1.807, 2.05) is 75.3 Å². The standard InChI is InChI=1S/C18H23N3O/c1-6-16(15-10-8-7-9-11-15)17(20(4)5)18(22)21-14(3)12-13(2)19-21/h6-12,16-17H,1H2,2-5H3/t16-,17+/m0/s1. The van der Waals surface area contributed by atoms with Crippen LogP contribution in [0.2, 0.25) is 0 Å². The lowest BCUT2D eigenvalue weighted by Crippen LogP contribution is -2.43. The zero-order chi connectivity index (χ0) is 16.3. The second-order valence-corrected chi connectivity index (χ2v) is 5.76. The number of hydrogen-bond donors (Lipinski definition) is 0. The zero-order valence-electron chi connectivity index (χ0n) is 13.7. The Morgan fingerprint density at radius 2 is 1.91 bits per heavy atom. The van der Waals surface area contributed by atoms with Crippen molar-refractivity contribution in [1.29, 1.82) is 0 Å². The number of carbonyl (C=O) groups excluding carboxylic acids is 1. The Labute approximate surface area is 132 Å². The van der Waals surface area contributed by atoms with Gasteiger partial charge in [-0.1, -0.05) is 36.4 Å². The van der Waals surface area contributed by atoms with Crippen LogP contribution >= 0.6 is 0 Å². The molecule has 0 aliphatic carbocycles. The molecular weight excluding hydrogens is 274 g/mol. The van der Waals surface area contributed by atoms with E-state index in [0.717, 1.165) is 17.0 Å². The molecule has 0 saturated carbocycles. The van der Waals surface area contributed by atoms with Crippen molar-refractivity contribution < 1.29 is 4.79 Å². The SMILES string of the molecule is C=C[C@@H](c1ccccc1)[C@H](C(=O)n1nc(C)cc1C)N(C)C. The van der Waals surface area contributed by atoms with Gasteiger partial charge in [0.15, 0.2) is 0 Å². The summed E-state index contributed by atoms with van der Waals surface area (Å²) >= 11 is 0. The fourth-order valence-electron chi connectivity index (χ4n) is 2.80. The third-order valence-electron chi connectivity index (χ3n) is 3.81. The molecule has 0 N–H and O–H groups in total. The van der Waals surface area contributed by atoms with Crippen LogP contribution in [0.5, 0.6) is 0 Å². The molecule has 2 aromatic rings. The topological polar surface area (TPSA) is 38.1 Å². The molecule has 1 aromatic heterocycles. The third-order valence-corrected chi connectivity index (χ3v) is 3.81. The summed E-state index contributed by atoms with van der Waals surface area (Å²) < 4.78 is 1.50. The molecule has 0 radical (unpaired) electrons. The van der Waals surface area contributed by atoms with Gasteiger partial charge in [0.05, 0.1) is 5.69 Å². The van der Waals surface area contributed by atoms with Crippen molar-refractivity contribution in [2.75, 3.05) is 14.1 Å². The van der Waals surface area contributed by atoms with E-state index in [1.165, 1.54) is 4.68 Å². The lowest BCUT2D eigenvalue weighted by atomic mass is 9.90. The van der Waals surface area contributed by atoms with Gasteiger partial charge in [-0.3, -0.25) is 9.69 Å². The van der Waals surface area contributed by atoms with Crippen LogP contribution in [0.1, 0.15) is 27.7 Å². The Morgan fingerprint density at radius 1 is 1.27 bits per heavy atom. The van der Waals surface area contributed by atoms with Gasteiger partial charge >= 0.3 is 0 Å². The van der Waals surface area contributed by atoms with Gasteiger partial charge in [0.25, 0.3) is 5.91 Å². The smallest absolute Gasteiger partial charge is 0.265 e. The lowest BCUT2D eigenvalue weighted by molar-refractivity contribution is 0.0752. The van der Waals surface area contributed by atoms with E-state index in [1.54, 1.807) is 0 Å². The van der Waals surface area contributed by atoms with Gasteiger partial charge in [-0.15, -0.1) is 6.58 Å². The van der Waals surface area contributed by atoms with E-state index < -0.39 is 0 Å². The third kappa shape index (κ3) is 3.17. The van der Waals surface area contributed by atoms with Gasteiger partial charge in [0, 0.05) is 11.6 Å². The Kier molecular flexibility index (Phi) is 4.93. The summed E-state index contributed by atoms with van der Waals surface area (Å²) in [6.45, 7) is 7.73. The first-order valence-electron chi connectivity index (χ1n) is 7.37. The van der Waals surface area contributed by atoms with Crippen LogP contribution in [0.25, 0.3) is 0 Å². The number of aryl methyl sites for hydroxylation is 2. The Morgan fingerprint density at radius 3 is 2.36 bits per heavy atom. The number of likely N-dealkylation sites (N-methyl/N-ethyl adjacent to an activating group) is 1. The minimum Gasteiger partial charge on any atom is -0.297 e. The molecule has 0 bridgehead atoms. The summed E-state index contributed by atoms with van der Waals surface area (Å²) in [5.41, 5.74) is 2.77. The van der Waals surface area contributed by atoms with E-state index in [-0.39, 0.29) is 17.9 Å². The number of carbonyl (C=O) groups is 1. The highest BCUT2D eigenvalue weighted by Crippen LogP contribution is 2.25. The van der Waals surface area contributed by atoms with Crippen LogP contribution in [-0.2, 0) is 0 Å². The Hall–Kier alpha value is -2.20. The van der Waals surface area contributed by atoms with Crippen LogP contribution in [0, 0.1) is 13.8 Å². The van der Waals surface area contributed by atoms with Crippen LogP contribution in [-0.4, -0.2) is 40.7 Å². The van der Waals surface area contributed by atoms with Crippen molar-refractivity contribution in [2.24, 2.45) is 0 Å². The van der Waals surface area contributed by atoms with Crippen molar-refractivity contribution in [2.45, 2.75) is 25.8 Å². The maximum Gasteiger partial charge on any atom is 0.265 e. The number of nitrogens with zero attached hydrogens (tertiary/aromatic N) is 3. The molecule has 0 aliphatic heterocycles. The Balaban J connectivity index is 2.43. The van der Waals surface area contributed by atoms with Gasteiger partial charge in [0.2, 0.25) is 0 Å². The van der Waals surface area contributed by atoms with Crippen LogP contribution in [0.3, 0.4) is 0 Å². The van der Waals surface area contributed by atoms with E-state index in [2.05, 4.69) is 11.7 Å². The van der Waals surface area contributed by atoms with E-state index in [0.29, 0.717) is 0 Å². The van der Waals surface area contributed by atoms with Gasteiger partial charge in [-0.25, -0.2) is 4.68 Å². The molecule has 4 nitrogen and oxygen atoms in total. The van der Waals surface area contributed by atoms with E-state index >= 15 is 0 Å².